The van der Waals surface area contributed by atoms with Gasteiger partial charge < -0.3 is 20.2 Å². The van der Waals surface area contributed by atoms with E-state index in [-0.39, 0.29) is 33.6 Å². The van der Waals surface area contributed by atoms with Gasteiger partial charge in [0.15, 0.2) is 11.6 Å². The minimum absolute atomic E-state index is 0.0506. The van der Waals surface area contributed by atoms with Gasteiger partial charge in [-0.1, -0.05) is 0 Å². The molecule has 0 aliphatic rings. The number of methoxy groups -OCH3 is 1. The molecule has 0 unspecified atom stereocenters. The first-order chi connectivity index (χ1) is 19.0. The zero-order valence-electron chi connectivity index (χ0n) is 20.5. The molecule has 0 spiro atoms. The smallest absolute Gasteiger partial charge is 0.254 e. The molecule has 0 aliphatic heterocycles. The van der Waals surface area contributed by atoms with Crippen molar-refractivity contribution in [1.82, 2.24) is 19.5 Å². The number of H-pyrrole nitrogens is 1. The van der Waals surface area contributed by atoms with E-state index in [0.717, 1.165) is 0 Å². The summed E-state index contributed by atoms with van der Waals surface area (Å²) in [6.07, 6.45) is 4.79. The number of fused-ring (bicyclic) bond motifs is 2. The van der Waals surface area contributed by atoms with Gasteiger partial charge in [-0.05, 0) is 66.7 Å². The Bertz CT molecular complexity index is 1950. The highest BCUT2D eigenvalue weighted by Gasteiger charge is 2.24. The molecule has 4 aromatic heterocycles. The highest BCUT2D eigenvalue weighted by atomic mass is 19.1. The molecule has 192 valence electrons. The van der Waals surface area contributed by atoms with Crippen molar-refractivity contribution in [2.75, 3.05) is 7.11 Å². The minimum atomic E-state index is -0.949. The molecule has 3 N–H and O–H groups in total. The number of nitrogens with one attached hydrogen (secondary N) is 1. The van der Waals surface area contributed by atoms with Crippen LogP contribution in [0.5, 0.6) is 17.2 Å². The standard InChI is InChI=1S/C29H20FN5O4/c1-38-18-7-5-17(6-8-18)35-25(24(27(31)37)26(36)20-3-2-12-34-29(20)35)16-4-9-23(21(30)15-16)39-22-11-14-33-28-19(22)10-13-32-28/h2-15H,1H3,(H2,31,37)(H,32,33). The summed E-state index contributed by atoms with van der Waals surface area (Å²) in [5.74, 6) is -0.691. The van der Waals surface area contributed by atoms with Gasteiger partial charge in [-0.15, -0.1) is 0 Å². The summed E-state index contributed by atoms with van der Waals surface area (Å²) in [6.45, 7) is 0. The molecule has 6 aromatic rings. The van der Waals surface area contributed by atoms with E-state index in [4.69, 9.17) is 15.2 Å². The van der Waals surface area contributed by atoms with Crippen LogP contribution < -0.4 is 20.6 Å². The second-order valence-corrected chi connectivity index (χ2v) is 8.62. The lowest BCUT2D eigenvalue weighted by Crippen LogP contribution is -2.26. The number of hydrogen-bond acceptors (Lipinski definition) is 6. The number of rotatable bonds is 6. The molecule has 0 radical (unpaired) electrons. The van der Waals surface area contributed by atoms with E-state index in [0.29, 0.717) is 28.2 Å². The van der Waals surface area contributed by atoms with Crippen LogP contribution in [0.25, 0.3) is 39.0 Å². The molecular formula is C29H20FN5O4. The molecule has 0 atom stereocenters. The quantitative estimate of drug-likeness (QED) is 0.319. The first kappa shape index (κ1) is 23.9. The number of pyridine rings is 3. The Kier molecular flexibility index (Phi) is 5.76. The molecule has 0 saturated carbocycles. The summed E-state index contributed by atoms with van der Waals surface area (Å²) in [5.41, 5.74) is 6.61. The van der Waals surface area contributed by atoms with Gasteiger partial charge in [0.2, 0.25) is 5.43 Å². The van der Waals surface area contributed by atoms with Gasteiger partial charge in [-0.2, -0.15) is 0 Å². The SMILES string of the molecule is COc1ccc(-n2c(-c3ccc(Oc4ccnc5[nH]ccc45)c(F)c3)c(C(N)=O)c(=O)c3cccnc32)cc1. The van der Waals surface area contributed by atoms with Gasteiger partial charge in [0, 0.05) is 29.8 Å². The van der Waals surface area contributed by atoms with Crippen LogP contribution in [0.4, 0.5) is 4.39 Å². The van der Waals surface area contributed by atoms with Gasteiger partial charge >= 0.3 is 0 Å². The first-order valence-corrected chi connectivity index (χ1v) is 11.8. The molecule has 0 bridgehead atoms. The minimum Gasteiger partial charge on any atom is -0.497 e. The topological polar surface area (TPSA) is 125 Å². The van der Waals surface area contributed by atoms with E-state index in [1.54, 1.807) is 78.7 Å². The lowest BCUT2D eigenvalue weighted by Gasteiger charge is -2.20. The Balaban J connectivity index is 1.58. The third-order valence-electron chi connectivity index (χ3n) is 6.35. The number of benzene rings is 2. The maximum Gasteiger partial charge on any atom is 0.254 e. The Morgan fingerprint density at radius 2 is 1.79 bits per heavy atom. The molecule has 0 aliphatic carbocycles. The summed E-state index contributed by atoms with van der Waals surface area (Å²) >= 11 is 0. The van der Waals surface area contributed by atoms with Crippen LogP contribution in [0, 0.1) is 5.82 Å². The molecule has 0 fully saturated rings. The average molecular weight is 522 g/mol. The largest absolute Gasteiger partial charge is 0.497 e. The molecular weight excluding hydrogens is 501 g/mol. The van der Waals surface area contributed by atoms with Crippen LogP contribution >= 0.6 is 0 Å². The maximum absolute atomic E-state index is 15.5. The van der Waals surface area contributed by atoms with Crippen LogP contribution in [0.3, 0.4) is 0 Å². The number of primary amides is 1. The van der Waals surface area contributed by atoms with E-state index in [1.165, 1.54) is 18.3 Å². The predicted octanol–water partition coefficient (Wildman–Crippen LogP) is 4.97. The maximum atomic E-state index is 15.5. The third kappa shape index (κ3) is 4.04. The third-order valence-corrected chi connectivity index (χ3v) is 6.35. The van der Waals surface area contributed by atoms with Crippen molar-refractivity contribution in [3.8, 4) is 34.2 Å². The zero-order chi connectivity index (χ0) is 27.1. The van der Waals surface area contributed by atoms with Gasteiger partial charge in [-0.25, -0.2) is 14.4 Å². The van der Waals surface area contributed by atoms with Gasteiger partial charge in [0.05, 0.1) is 23.6 Å². The van der Waals surface area contributed by atoms with Crippen LogP contribution in [0.15, 0.2) is 90.1 Å². The fraction of sp³-hybridized carbons (Fsp3) is 0.0345. The van der Waals surface area contributed by atoms with Gasteiger partial charge in [-0.3, -0.25) is 14.2 Å². The van der Waals surface area contributed by atoms with E-state index < -0.39 is 17.2 Å². The summed E-state index contributed by atoms with van der Waals surface area (Å²) in [6, 6.07) is 17.7. The zero-order valence-corrected chi connectivity index (χ0v) is 20.5. The van der Waals surface area contributed by atoms with Crippen molar-refractivity contribution in [3.63, 3.8) is 0 Å². The van der Waals surface area contributed by atoms with Crippen molar-refractivity contribution in [2.45, 2.75) is 0 Å². The van der Waals surface area contributed by atoms with E-state index >= 15 is 4.39 Å². The van der Waals surface area contributed by atoms with E-state index in [1.807, 2.05) is 0 Å². The summed E-state index contributed by atoms with van der Waals surface area (Å²) in [7, 11) is 1.54. The molecule has 0 saturated heterocycles. The number of carbonyl (C=O) groups is 1. The fourth-order valence-corrected chi connectivity index (χ4v) is 4.57. The summed E-state index contributed by atoms with van der Waals surface area (Å²) in [4.78, 5) is 37.7. The number of ether oxygens (including phenoxy) is 2. The number of nitrogens with zero attached hydrogens (tertiary/aromatic N) is 3. The van der Waals surface area contributed by atoms with Crippen molar-refractivity contribution in [2.24, 2.45) is 5.73 Å². The van der Waals surface area contributed by atoms with Crippen LogP contribution in [-0.2, 0) is 0 Å². The molecule has 4 heterocycles. The number of aromatic amines is 1. The molecule has 10 heteroatoms. The molecule has 6 rings (SSSR count). The highest BCUT2D eigenvalue weighted by Crippen LogP contribution is 2.35. The number of halogens is 1. The lowest BCUT2D eigenvalue weighted by molar-refractivity contribution is 0.0999. The Hall–Kier alpha value is -5.51. The second-order valence-electron chi connectivity index (χ2n) is 8.62. The Morgan fingerprint density at radius 3 is 2.54 bits per heavy atom. The summed E-state index contributed by atoms with van der Waals surface area (Å²) in [5, 5.41) is 0.880. The van der Waals surface area contributed by atoms with Crippen molar-refractivity contribution in [3.05, 3.63) is 107 Å². The Morgan fingerprint density at radius 1 is 0.974 bits per heavy atom. The number of nitrogens with two attached hydrogens (primary N) is 1. The van der Waals surface area contributed by atoms with Crippen LogP contribution in [-0.4, -0.2) is 32.5 Å². The van der Waals surface area contributed by atoms with Crippen molar-refractivity contribution >= 4 is 28.0 Å². The number of hydrogen-bond donors (Lipinski definition) is 2. The molecule has 1 amide bonds. The fourth-order valence-electron chi connectivity index (χ4n) is 4.57. The lowest BCUT2D eigenvalue weighted by atomic mass is 10.0. The summed E-state index contributed by atoms with van der Waals surface area (Å²) < 4.78 is 28.3. The number of amides is 1. The molecule has 39 heavy (non-hydrogen) atoms. The highest BCUT2D eigenvalue weighted by molar-refractivity contribution is 6.03. The van der Waals surface area contributed by atoms with Crippen LogP contribution in [0.2, 0.25) is 0 Å². The average Bonchev–Trinajstić information content (AvgIpc) is 3.44. The normalized spacial score (nSPS) is 11.1. The van der Waals surface area contributed by atoms with E-state index in [2.05, 4.69) is 15.0 Å². The molecule has 9 nitrogen and oxygen atoms in total. The number of aromatic nitrogens is 4. The molecule has 2 aromatic carbocycles. The van der Waals surface area contributed by atoms with Crippen molar-refractivity contribution < 1.29 is 18.7 Å². The number of carbonyl (C=O) groups excluding carboxylic acids is 1. The van der Waals surface area contributed by atoms with Gasteiger partial charge in [0.1, 0.15) is 28.4 Å². The predicted molar refractivity (Wildman–Crippen MR) is 144 cm³/mol. The van der Waals surface area contributed by atoms with Crippen molar-refractivity contribution in [1.29, 1.82) is 0 Å². The first-order valence-electron chi connectivity index (χ1n) is 11.8. The van der Waals surface area contributed by atoms with Crippen LogP contribution in [0.1, 0.15) is 10.4 Å². The monoisotopic (exact) mass is 521 g/mol. The van der Waals surface area contributed by atoms with Gasteiger partial charge in [0.25, 0.3) is 5.91 Å². The second kappa shape index (κ2) is 9.42. The van der Waals surface area contributed by atoms with E-state index in [9.17, 15) is 9.59 Å². The Labute approximate surface area is 220 Å².